The fourth-order valence-electron chi connectivity index (χ4n) is 1.91. The normalized spacial score (nSPS) is 10.5. The first-order valence-electron chi connectivity index (χ1n) is 14.4. The molecule has 0 spiro atoms. The van der Waals surface area contributed by atoms with Crippen LogP contribution < -0.4 is 0 Å². The van der Waals surface area contributed by atoms with E-state index in [4.69, 9.17) is 54.3 Å². The van der Waals surface area contributed by atoms with Gasteiger partial charge in [0.2, 0.25) is 0 Å². The summed E-state index contributed by atoms with van der Waals surface area (Å²) in [7, 11) is -5.59. The van der Waals surface area contributed by atoms with Crippen molar-refractivity contribution in [2.24, 2.45) is 0 Å². The molecule has 12 nitrogen and oxygen atoms in total. The molecule has 258 valence electrons. The summed E-state index contributed by atoms with van der Waals surface area (Å²) in [5.41, 5.74) is 0. The molecule has 0 aliphatic heterocycles. The summed E-state index contributed by atoms with van der Waals surface area (Å²) < 4.78 is 62.2. The Labute approximate surface area is 267 Å². The van der Waals surface area contributed by atoms with Crippen LogP contribution in [0.1, 0.15) is 83.1 Å². The van der Waals surface area contributed by atoms with Crippen molar-refractivity contribution in [3.8, 4) is 0 Å². The molecule has 0 heterocycles. The van der Waals surface area contributed by atoms with Gasteiger partial charge in [0.05, 0.1) is 79.3 Å². The molecule has 0 unspecified atom stereocenters. The molecule has 0 aliphatic carbocycles. The molecular weight excluding hydrogens is 663 g/mol. The van der Waals surface area contributed by atoms with Gasteiger partial charge in [-0.05, 0) is 83.1 Å². The molecule has 0 saturated heterocycles. The largest absolute Gasteiger partial charge is 0.397 e. The Hall–Kier alpha value is 1.73. The molecule has 0 atom stereocenters. The molecule has 0 saturated carbocycles. The summed E-state index contributed by atoms with van der Waals surface area (Å²) in [6.07, 6.45) is 0. The van der Waals surface area contributed by atoms with Gasteiger partial charge in [-0.15, -0.1) is 0 Å². The van der Waals surface area contributed by atoms with Gasteiger partial charge in [-0.3, -0.25) is 0 Å². The number of hydrogen-bond acceptors (Lipinski definition) is 12. The third kappa shape index (κ3) is 46.3. The van der Waals surface area contributed by atoms with Gasteiger partial charge >= 0.3 is 34.4 Å². The minimum absolute atomic E-state index is 0. The Kier molecular flexibility index (Phi) is 62.0. The van der Waals surface area contributed by atoms with E-state index < -0.39 is 34.4 Å². The predicted molar refractivity (Wildman–Crippen MR) is 173 cm³/mol. The molecule has 0 bridgehead atoms. The Bertz CT molecular complexity index is 302. The molecule has 0 radical (unpaired) electrons. The van der Waals surface area contributed by atoms with Crippen LogP contribution in [-0.4, -0.2) is 79.3 Å². The van der Waals surface area contributed by atoms with Crippen LogP contribution in [0.25, 0.3) is 0 Å². The van der Waals surface area contributed by atoms with Crippen LogP contribution in [0.2, 0.25) is 0 Å². The molecule has 0 N–H and O–H groups in total. The van der Waals surface area contributed by atoms with Crippen molar-refractivity contribution in [1.29, 1.82) is 0 Å². The summed E-state index contributed by atoms with van der Waals surface area (Å²) >= 11 is 0. The fourth-order valence-corrected chi connectivity index (χ4v) is 5.74. The second-order valence-electron chi connectivity index (χ2n) is 6.20. The van der Waals surface area contributed by atoms with Crippen LogP contribution in [0.4, 0.5) is 0 Å². The van der Waals surface area contributed by atoms with E-state index in [9.17, 15) is 0 Å². The smallest absolute Gasteiger partial charge is 0.180 e. The van der Waals surface area contributed by atoms with E-state index in [-0.39, 0.29) is 16.5 Å². The van der Waals surface area contributed by atoms with Gasteiger partial charge in [0, 0.05) is 16.5 Å². The van der Waals surface area contributed by atoms with E-state index in [0.717, 1.165) is 0 Å². The van der Waals surface area contributed by atoms with Crippen molar-refractivity contribution in [2.45, 2.75) is 83.1 Å². The van der Waals surface area contributed by atoms with E-state index in [1.165, 1.54) is 0 Å². The molecular formula is C24H64NiO12P4+4. The molecule has 0 aliphatic rings. The minimum atomic E-state index is -1.40. The van der Waals surface area contributed by atoms with E-state index in [0.29, 0.717) is 79.3 Å². The molecule has 0 fully saturated rings. The third-order valence-corrected chi connectivity index (χ3v) is 9.44. The zero-order valence-electron chi connectivity index (χ0n) is 27.7. The first kappa shape index (κ1) is 52.3. The summed E-state index contributed by atoms with van der Waals surface area (Å²) in [4.78, 5) is 0. The standard InChI is InChI=1S/4C6H16O3P.Ni/c4*1-4-7-10(8-5-2)9-6-3;/h4*10H,4-6H2,1-3H3;/q4*+1;. The minimum Gasteiger partial charge on any atom is -0.180 e. The maximum absolute atomic E-state index is 5.18. The van der Waals surface area contributed by atoms with E-state index in [2.05, 4.69) is 0 Å². The van der Waals surface area contributed by atoms with Gasteiger partial charge < -0.3 is 0 Å². The molecule has 0 aromatic rings. The van der Waals surface area contributed by atoms with Gasteiger partial charge in [0.1, 0.15) is 0 Å². The molecule has 17 heteroatoms. The SMILES string of the molecule is CCO[PH+](OCC)OCC.CCO[PH+](OCC)OCC.CCO[PH+](OCC)OCC.CCO[PH+](OCC)OCC.[Ni]. The first-order valence-corrected chi connectivity index (χ1v) is 19.3. The summed E-state index contributed by atoms with van der Waals surface area (Å²) in [6, 6.07) is 0. The molecule has 0 amide bonds. The molecule has 0 rings (SSSR count). The number of hydrogen-bond donors (Lipinski definition) is 0. The Balaban J connectivity index is -0.000000139. The van der Waals surface area contributed by atoms with Crippen molar-refractivity contribution in [2.75, 3.05) is 79.3 Å². The molecule has 41 heavy (non-hydrogen) atoms. The summed E-state index contributed by atoms with van der Waals surface area (Å²) in [6.45, 7) is 31.1. The van der Waals surface area contributed by atoms with Crippen LogP contribution in [0.3, 0.4) is 0 Å². The van der Waals surface area contributed by atoms with Crippen LogP contribution in [0.5, 0.6) is 0 Å². The van der Waals surface area contributed by atoms with Crippen LogP contribution >= 0.6 is 34.4 Å². The van der Waals surface area contributed by atoms with Gasteiger partial charge in [0.25, 0.3) is 0 Å². The van der Waals surface area contributed by atoms with Crippen molar-refractivity contribution in [3.05, 3.63) is 0 Å². The zero-order chi connectivity index (χ0) is 31.3. The van der Waals surface area contributed by atoms with Gasteiger partial charge in [-0.1, -0.05) is 0 Å². The topological polar surface area (TPSA) is 111 Å². The van der Waals surface area contributed by atoms with E-state index >= 15 is 0 Å². The third-order valence-electron chi connectivity index (χ3n) is 3.15. The van der Waals surface area contributed by atoms with Crippen LogP contribution in [0.15, 0.2) is 0 Å². The Morgan fingerprint density at radius 3 is 0.341 bits per heavy atom. The average molecular weight is 727 g/mol. The monoisotopic (exact) mass is 726 g/mol. The zero-order valence-corrected chi connectivity index (χ0v) is 32.7. The second-order valence-corrected chi connectivity index (χ2v) is 11.7. The quantitative estimate of drug-likeness (QED) is 0.0706. The van der Waals surface area contributed by atoms with Crippen LogP contribution in [0, 0.1) is 0 Å². The summed E-state index contributed by atoms with van der Waals surface area (Å²) in [5.74, 6) is 0. The average Bonchev–Trinajstić information content (AvgIpc) is 2.92. The Morgan fingerprint density at radius 1 is 0.220 bits per heavy atom. The Morgan fingerprint density at radius 2 is 0.293 bits per heavy atom. The molecule has 0 aromatic carbocycles. The van der Waals surface area contributed by atoms with E-state index in [1.54, 1.807) is 0 Å². The van der Waals surface area contributed by atoms with Crippen LogP contribution in [-0.2, 0) is 70.8 Å². The van der Waals surface area contributed by atoms with Crippen molar-refractivity contribution in [3.63, 3.8) is 0 Å². The summed E-state index contributed by atoms with van der Waals surface area (Å²) in [5, 5.41) is 0. The number of rotatable bonds is 24. The van der Waals surface area contributed by atoms with Crippen molar-refractivity contribution >= 4 is 34.4 Å². The van der Waals surface area contributed by atoms with Gasteiger partial charge in [-0.2, -0.15) is 54.3 Å². The maximum Gasteiger partial charge on any atom is 0.397 e. The van der Waals surface area contributed by atoms with Gasteiger partial charge in [0.15, 0.2) is 0 Å². The maximum atomic E-state index is 5.18. The van der Waals surface area contributed by atoms with Crippen molar-refractivity contribution < 1.29 is 70.8 Å². The fraction of sp³-hybridized carbons (Fsp3) is 1.00. The van der Waals surface area contributed by atoms with E-state index in [1.807, 2.05) is 83.1 Å². The van der Waals surface area contributed by atoms with Gasteiger partial charge in [-0.25, -0.2) is 0 Å². The predicted octanol–water partition coefficient (Wildman–Crippen LogP) is 8.22. The van der Waals surface area contributed by atoms with Crippen molar-refractivity contribution in [1.82, 2.24) is 0 Å². The first-order chi connectivity index (χ1) is 19.4. The second kappa shape index (κ2) is 48.6. The molecule has 0 aromatic heterocycles.